The molecule has 0 saturated carbocycles. The Kier molecular flexibility index (Phi) is 4.38. The molecule has 3 rings (SSSR count). The van der Waals surface area contributed by atoms with Crippen LogP contribution in [0, 0.1) is 0 Å². The number of hydrogen-bond acceptors (Lipinski definition) is 4. The summed E-state index contributed by atoms with van der Waals surface area (Å²) in [4.78, 5) is 3.75. The Hall–Kier alpha value is -2.61. The highest BCUT2D eigenvalue weighted by atomic mass is 32.2. The SMILES string of the molecule is O=S(=O)(Cc1cccc(C(F)(F)F)c1)c1ncc(-c2ccccc2)o1. The Morgan fingerprint density at radius 2 is 1.72 bits per heavy atom. The molecule has 1 aromatic heterocycles. The number of sulfone groups is 1. The van der Waals surface area contributed by atoms with Crippen molar-refractivity contribution in [3.8, 4) is 11.3 Å². The van der Waals surface area contributed by atoms with Crippen LogP contribution in [0.5, 0.6) is 0 Å². The van der Waals surface area contributed by atoms with E-state index in [-0.39, 0.29) is 11.3 Å². The molecule has 0 N–H and O–H groups in total. The number of alkyl halides is 3. The van der Waals surface area contributed by atoms with Gasteiger partial charge in [0.05, 0.1) is 17.5 Å². The fraction of sp³-hybridized carbons (Fsp3) is 0.118. The highest BCUT2D eigenvalue weighted by molar-refractivity contribution is 7.90. The molecule has 0 aliphatic carbocycles. The summed E-state index contributed by atoms with van der Waals surface area (Å²) < 4.78 is 68.2. The minimum atomic E-state index is -4.54. The molecule has 3 aromatic rings. The molecular weight excluding hydrogens is 355 g/mol. The lowest BCUT2D eigenvalue weighted by atomic mass is 10.1. The van der Waals surface area contributed by atoms with Gasteiger partial charge in [0.15, 0.2) is 5.76 Å². The van der Waals surface area contributed by atoms with Gasteiger partial charge < -0.3 is 4.42 Å². The maximum absolute atomic E-state index is 12.7. The van der Waals surface area contributed by atoms with E-state index in [1.165, 1.54) is 18.3 Å². The third-order valence-electron chi connectivity index (χ3n) is 3.42. The number of aromatic nitrogens is 1. The van der Waals surface area contributed by atoms with E-state index in [0.717, 1.165) is 12.1 Å². The highest BCUT2D eigenvalue weighted by Gasteiger charge is 2.31. The van der Waals surface area contributed by atoms with Gasteiger partial charge >= 0.3 is 11.4 Å². The zero-order valence-electron chi connectivity index (χ0n) is 12.7. The zero-order chi connectivity index (χ0) is 18.1. The normalized spacial score (nSPS) is 12.3. The molecule has 0 amide bonds. The topological polar surface area (TPSA) is 60.2 Å². The molecule has 0 saturated heterocycles. The van der Waals surface area contributed by atoms with Gasteiger partial charge in [0.25, 0.3) is 0 Å². The molecule has 0 aliphatic rings. The molecule has 8 heteroatoms. The number of halogens is 3. The van der Waals surface area contributed by atoms with E-state index < -0.39 is 32.6 Å². The number of oxazole rings is 1. The predicted octanol–water partition coefficient (Wildman–Crippen LogP) is 4.33. The first kappa shape index (κ1) is 17.2. The first-order valence-corrected chi connectivity index (χ1v) is 8.81. The Morgan fingerprint density at radius 3 is 2.40 bits per heavy atom. The maximum Gasteiger partial charge on any atom is 0.416 e. The summed E-state index contributed by atoms with van der Waals surface area (Å²) >= 11 is 0. The predicted molar refractivity (Wildman–Crippen MR) is 84.3 cm³/mol. The van der Waals surface area contributed by atoms with Crippen LogP contribution in [0.3, 0.4) is 0 Å². The molecule has 0 atom stereocenters. The van der Waals surface area contributed by atoms with Crippen molar-refractivity contribution in [1.82, 2.24) is 4.98 Å². The lowest BCUT2D eigenvalue weighted by Gasteiger charge is -2.08. The average Bonchev–Trinajstić information content (AvgIpc) is 3.06. The van der Waals surface area contributed by atoms with Gasteiger partial charge in [-0.15, -0.1) is 0 Å². The summed E-state index contributed by atoms with van der Waals surface area (Å²) in [6.07, 6.45) is -3.27. The quantitative estimate of drug-likeness (QED) is 0.688. The molecule has 0 bridgehead atoms. The minimum Gasteiger partial charge on any atom is -0.428 e. The van der Waals surface area contributed by atoms with E-state index in [2.05, 4.69) is 4.98 Å². The molecule has 0 radical (unpaired) electrons. The van der Waals surface area contributed by atoms with Crippen molar-refractivity contribution < 1.29 is 26.0 Å². The molecule has 1 heterocycles. The van der Waals surface area contributed by atoms with E-state index in [0.29, 0.717) is 5.56 Å². The number of rotatable bonds is 4. The fourth-order valence-electron chi connectivity index (χ4n) is 2.26. The zero-order valence-corrected chi connectivity index (χ0v) is 13.5. The molecule has 25 heavy (non-hydrogen) atoms. The van der Waals surface area contributed by atoms with Crippen molar-refractivity contribution >= 4 is 9.84 Å². The highest BCUT2D eigenvalue weighted by Crippen LogP contribution is 2.30. The lowest BCUT2D eigenvalue weighted by Crippen LogP contribution is -2.08. The second-order valence-corrected chi connectivity index (χ2v) is 7.18. The van der Waals surface area contributed by atoms with Gasteiger partial charge in [-0.1, -0.05) is 48.5 Å². The van der Waals surface area contributed by atoms with Crippen LogP contribution in [0.25, 0.3) is 11.3 Å². The van der Waals surface area contributed by atoms with Crippen molar-refractivity contribution in [2.24, 2.45) is 0 Å². The summed E-state index contributed by atoms with van der Waals surface area (Å²) in [5, 5.41) is -0.524. The molecular formula is C17H12F3NO3S. The van der Waals surface area contributed by atoms with Crippen LogP contribution in [0.2, 0.25) is 0 Å². The molecule has 130 valence electrons. The largest absolute Gasteiger partial charge is 0.428 e. The summed E-state index contributed by atoms with van der Waals surface area (Å²) in [5.41, 5.74) is -0.248. The fourth-order valence-corrected chi connectivity index (χ4v) is 3.43. The van der Waals surface area contributed by atoms with Gasteiger partial charge in [0.2, 0.25) is 9.84 Å². The van der Waals surface area contributed by atoms with E-state index in [1.54, 1.807) is 30.3 Å². The van der Waals surface area contributed by atoms with Gasteiger partial charge in [-0.05, 0) is 11.6 Å². The van der Waals surface area contributed by atoms with Crippen LogP contribution in [0.1, 0.15) is 11.1 Å². The van der Waals surface area contributed by atoms with E-state index in [9.17, 15) is 21.6 Å². The molecule has 4 nitrogen and oxygen atoms in total. The van der Waals surface area contributed by atoms with Crippen LogP contribution < -0.4 is 0 Å². The first-order valence-electron chi connectivity index (χ1n) is 7.16. The molecule has 0 fully saturated rings. The van der Waals surface area contributed by atoms with Gasteiger partial charge in [-0.25, -0.2) is 13.4 Å². The van der Waals surface area contributed by atoms with Gasteiger partial charge in [0.1, 0.15) is 0 Å². The van der Waals surface area contributed by atoms with Crippen LogP contribution in [0.15, 0.2) is 70.4 Å². The van der Waals surface area contributed by atoms with Crippen LogP contribution in [-0.2, 0) is 21.8 Å². The first-order chi connectivity index (χ1) is 11.8. The van der Waals surface area contributed by atoms with Crippen molar-refractivity contribution in [2.75, 3.05) is 0 Å². The third-order valence-corrected chi connectivity index (χ3v) is 4.85. The van der Waals surface area contributed by atoms with Crippen molar-refractivity contribution in [1.29, 1.82) is 0 Å². The maximum atomic E-state index is 12.7. The van der Waals surface area contributed by atoms with Crippen LogP contribution in [0.4, 0.5) is 13.2 Å². The second-order valence-electron chi connectivity index (χ2n) is 5.31. The Bertz CT molecular complexity index is 980. The number of benzene rings is 2. The Balaban J connectivity index is 1.87. The van der Waals surface area contributed by atoms with Crippen LogP contribution in [-0.4, -0.2) is 13.4 Å². The molecule has 0 spiro atoms. The Morgan fingerprint density at radius 1 is 1.00 bits per heavy atom. The molecule has 0 unspecified atom stereocenters. The summed E-state index contributed by atoms with van der Waals surface area (Å²) in [6.45, 7) is 0. The van der Waals surface area contributed by atoms with Crippen LogP contribution >= 0.6 is 0 Å². The van der Waals surface area contributed by atoms with E-state index in [4.69, 9.17) is 4.42 Å². The van der Waals surface area contributed by atoms with Gasteiger partial charge in [-0.3, -0.25) is 0 Å². The number of nitrogens with zero attached hydrogens (tertiary/aromatic N) is 1. The Labute approximate surface area is 141 Å². The number of hydrogen-bond donors (Lipinski definition) is 0. The third kappa shape index (κ3) is 3.90. The second kappa shape index (κ2) is 6.36. The van der Waals surface area contributed by atoms with Gasteiger partial charge in [0, 0.05) is 5.56 Å². The summed E-state index contributed by atoms with van der Waals surface area (Å²) in [7, 11) is -4.01. The van der Waals surface area contributed by atoms with Crippen molar-refractivity contribution in [3.63, 3.8) is 0 Å². The lowest BCUT2D eigenvalue weighted by molar-refractivity contribution is -0.137. The molecule has 2 aromatic carbocycles. The molecule has 0 aliphatic heterocycles. The van der Waals surface area contributed by atoms with E-state index in [1.807, 2.05) is 0 Å². The standard InChI is InChI=1S/C17H12F3NO3S/c18-17(19,20)14-8-4-5-12(9-14)11-25(22,23)16-21-10-15(24-16)13-6-2-1-3-7-13/h1-10H,11H2. The smallest absolute Gasteiger partial charge is 0.416 e. The summed E-state index contributed by atoms with van der Waals surface area (Å²) in [5.74, 6) is -0.366. The van der Waals surface area contributed by atoms with E-state index >= 15 is 0 Å². The monoisotopic (exact) mass is 367 g/mol. The summed E-state index contributed by atoms with van der Waals surface area (Å²) in [6, 6.07) is 12.9. The minimum absolute atomic E-state index is 0.00860. The average molecular weight is 367 g/mol. The van der Waals surface area contributed by atoms with Crippen molar-refractivity contribution in [3.05, 3.63) is 71.9 Å². The van der Waals surface area contributed by atoms with Gasteiger partial charge in [-0.2, -0.15) is 13.2 Å². The van der Waals surface area contributed by atoms with Crippen molar-refractivity contribution in [2.45, 2.75) is 17.2 Å².